The second kappa shape index (κ2) is 7.49. The highest BCUT2D eigenvalue weighted by molar-refractivity contribution is 6.31. The van der Waals surface area contributed by atoms with Crippen molar-refractivity contribution >= 4 is 22.5 Å². The summed E-state index contributed by atoms with van der Waals surface area (Å²) in [6.45, 7) is 0. The summed E-state index contributed by atoms with van der Waals surface area (Å²) < 4.78 is 25.5. The Morgan fingerprint density at radius 2 is 1.64 bits per heavy atom. The van der Waals surface area contributed by atoms with Crippen molar-refractivity contribution in [3.63, 3.8) is 0 Å². The maximum absolute atomic E-state index is 14.6. The highest BCUT2D eigenvalue weighted by Gasteiger charge is 2.16. The van der Waals surface area contributed by atoms with Crippen LogP contribution in [0.5, 0.6) is 11.5 Å². The number of fused-ring (bicyclic) bond motifs is 1. The Balaban J connectivity index is 2.05. The van der Waals surface area contributed by atoms with Gasteiger partial charge in [-0.15, -0.1) is 0 Å². The number of rotatable bonds is 4. The fourth-order valence-corrected chi connectivity index (χ4v) is 3.42. The van der Waals surface area contributed by atoms with Crippen molar-refractivity contribution in [1.29, 1.82) is 0 Å². The maximum Gasteiger partial charge on any atom is 0.131 e. The second-order valence-electron chi connectivity index (χ2n) is 6.26. The summed E-state index contributed by atoms with van der Waals surface area (Å²) in [4.78, 5) is 4.77. The molecule has 5 heteroatoms. The standard InChI is InChI=1S/C23H17ClFNO2/c1-27-15-8-10-23(28-2)19(12-15)22-13-17(16-5-3-4-6-20(16)25)18-11-14(24)7-9-21(18)26-22/h3-13H,1-2H3. The zero-order valence-electron chi connectivity index (χ0n) is 15.4. The summed E-state index contributed by atoms with van der Waals surface area (Å²) in [6.07, 6.45) is 0. The number of methoxy groups -OCH3 is 2. The van der Waals surface area contributed by atoms with Gasteiger partial charge in [-0.3, -0.25) is 0 Å². The predicted octanol–water partition coefficient (Wildman–Crippen LogP) is 6.38. The molecule has 0 aliphatic rings. The molecule has 1 aromatic heterocycles. The largest absolute Gasteiger partial charge is 0.497 e. The van der Waals surface area contributed by atoms with E-state index < -0.39 is 0 Å². The summed E-state index contributed by atoms with van der Waals surface area (Å²) in [6, 6.07) is 19.4. The van der Waals surface area contributed by atoms with Crippen LogP contribution in [0.3, 0.4) is 0 Å². The third-order valence-corrected chi connectivity index (χ3v) is 4.85. The number of hydrogen-bond acceptors (Lipinski definition) is 3. The molecule has 0 N–H and O–H groups in total. The van der Waals surface area contributed by atoms with Crippen LogP contribution in [-0.4, -0.2) is 19.2 Å². The van der Waals surface area contributed by atoms with Crippen LogP contribution < -0.4 is 9.47 Å². The minimum absolute atomic E-state index is 0.307. The van der Waals surface area contributed by atoms with E-state index >= 15 is 0 Å². The Morgan fingerprint density at radius 1 is 0.821 bits per heavy atom. The molecule has 4 rings (SSSR count). The summed E-state index contributed by atoms with van der Waals surface area (Å²) >= 11 is 6.20. The van der Waals surface area contributed by atoms with Crippen LogP contribution in [-0.2, 0) is 0 Å². The molecule has 1 heterocycles. The van der Waals surface area contributed by atoms with Gasteiger partial charge in [-0.2, -0.15) is 0 Å². The van der Waals surface area contributed by atoms with E-state index in [9.17, 15) is 4.39 Å². The molecule has 0 saturated heterocycles. The quantitative estimate of drug-likeness (QED) is 0.403. The molecule has 0 aliphatic carbocycles. The van der Waals surface area contributed by atoms with Gasteiger partial charge in [-0.25, -0.2) is 9.37 Å². The Morgan fingerprint density at radius 3 is 2.39 bits per heavy atom. The van der Waals surface area contributed by atoms with Gasteiger partial charge in [0.15, 0.2) is 0 Å². The molecule has 0 saturated carbocycles. The zero-order valence-corrected chi connectivity index (χ0v) is 16.1. The molecule has 0 atom stereocenters. The molecule has 4 aromatic rings. The molecule has 28 heavy (non-hydrogen) atoms. The molecule has 0 aliphatic heterocycles. The molecule has 0 unspecified atom stereocenters. The molecule has 3 nitrogen and oxygen atoms in total. The van der Waals surface area contributed by atoms with E-state index in [-0.39, 0.29) is 5.82 Å². The summed E-state index contributed by atoms with van der Waals surface area (Å²) in [5.74, 6) is 1.03. The van der Waals surface area contributed by atoms with Gasteiger partial charge >= 0.3 is 0 Å². The number of nitrogens with zero attached hydrogens (tertiary/aromatic N) is 1. The minimum atomic E-state index is -0.307. The van der Waals surface area contributed by atoms with Crippen LogP contribution in [0, 0.1) is 5.82 Å². The van der Waals surface area contributed by atoms with Gasteiger partial charge < -0.3 is 9.47 Å². The molecule has 0 spiro atoms. The number of ether oxygens (including phenoxy) is 2. The average Bonchev–Trinajstić information content (AvgIpc) is 2.73. The highest BCUT2D eigenvalue weighted by atomic mass is 35.5. The van der Waals surface area contributed by atoms with Crippen molar-refractivity contribution in [2.75, 3.05) is 14.2 Å². The summed E-state index contributed by atoms with van der Waals surface area (Å²) in [7, 11) is 3.20. The van der Waals surface area contributed by atoms with Crippen molar-refractivity contribution in [3.8, 4) is 33.9 Å². The smallest absolute Gasteiger partial charge is 0.131 e. The average molecular weight is 394 g/mol. The van der Waals surface area contributed by atoms with Gasteiger partial charge in [-0.1, -0.05) is 29.8 Å². The van der Waals surface area contributed by atoms with Crippen LogP contribution >= 0.6 is 11.6 Å². The fourth-order valence-electron chi connectivity index (χ4n) is 3.25. The molecule has 140 valence electrons. The molecule has 0 radical (unpaired) electrons. The Bertz CT molecular complexity index is 1180. The molecule has 0 fully saturated rings. The molecule has 3 aromatic carbocycles. The molecular formula is C23H17ClFNO2. The van der Waals surface area contributed by atoms with Gasteiger partial charge in [0.2, 0.25) is 0 Å². The van der Waals surface area contributed by atoms with E-state index in [0.29, 0.717) is 38.9 Å². The number of aromatic nitrogens is 1. The van der Waals surface area contributed by atoms with E-state index in [2.05, 4.69) is 0 Å². The fraction of sp³-hybridized carbons (Fsp3) is 0.0870. The van der Waals surface area contributed by atoms with Crippen LogP contribution in [0.4, 0.5) is 4.39 Å². The van der Waals surface area contributed by atoms with E-state index in [4.69, 9.17) is 26.1 Å². The SMILES string of the molecule is COc1ccc(OC)c(-c2cc(-c3ccccc3F)c3cc(Cl)ccc3n2)c1. The van der Waals surface area contributed by atoms with E-state index in [1.54, 1.807) is 44.6 Å². The lowest BCUT2D eigenvalue weighted by molar-refractivity contribution is 0.404. The summed E-state index contributed by atoms with van der Waals surface area (Å²) in [5.41, 5.74) is 3.33. The van der Waals surface area contributed by atoms with Crippen molar-refractivity contribution in [3.05, 3.63) is 77.6 Å². The first-order valence-electron chi connectivity index (χ1n) is 8.68. The number of halogens is 2. The first kappa shape index (κ1) is 18.3. The van der Waals surface area contributed by atoms with Crippen molar-refractivity contribution < 1.29 is 13.9 Å². The molecular weight excluding hydrogens is 377 g/mol. The van der Waals surface area contributed by atoms with Crippen molar-refractivity contribution in [1.82, 2.24) is 4.98 Å². The summed E-state index contributed by atoms with van der Waals surface area (Å²) in [5, 5.41) is 1.35. The zero-order chi connectivity index (χ0) is 19.7. The number of benzene rings is 3. The van der Waals surface area contributed by atoms with Gasteiger partial charge in [0.1, 0.15) is 17.3 Å². The monoisotopic (exact) mass is 393 g/mol. The van der Waals surface area contributed by atoms with Crippen LogP contribution in [0.1, 0.15) is 0 Å². The van der Waals surface area contributed by atoms with Gasteiger partial charge in [-0.05, 0) is 54.1 Å². The van der Waals surface area contributed by atoms with Gasteiger partial charge in [0.25, 0.3) is 0 Å². The number of hydrogen-bond donors (Lipinski definition) is 0. The highest BCUT2D eigenvalue weighted by Crippen LogP contribution is 2.38. The first-order chi connectivity index (χ1) is 13.6. The minimum Gasteiger partial charge on any atom is -0.497 e. The molecule has 0 bridgehead atoms. The van der Waals surface area contributed by atoms with Crippen molar-refractivity contribution in [2.45, 2.75) is 0 Å². The third-order valence-electron chi connectivity index (χ3n) is 4.62. The Hall–Kier alpha value is -3.11. The van der Waals surface area contributed by atoms with E-state index in [0.717, 1.165) is 10.9 Å². The lowest BCUT2D eigenvalue weighted by Gasteiger charge is -2.14. The van der Waals surface area contributed by atoms with Crippen LogP contribution in [0.2, 0.25) is 5.02 Å². The molecule has 0 amide bonds. The van der Waals surface area contributed by atoms with E-state index in [1.165, 1.54) is 6.07 Å². The second-order valence-corrected chi connectivity index (χ2v) is 6.70. The van der Waals surface area contributed by atoms with Crippen LogP contribution in [0.15, 0.2) is 66.7 Å². The Labute approximate surface area is 167 Å². The topological polar surface area (TPSA) is 31.4 Å². The third kappa shape index (κ3) is 3.27. The maximum atomic E-state index is 14.6. The normalized spacial score (nSPS) is 10.9. The lowest BCUT2D eigenvalue weighted by atomic mass is 9.97. The number of pyridine rings is 1. The first-order valence-corrected chi connectivity index (χ1v) is 9.06. The van der Waals surface area contributed by atoms with Crippen molar-refractivity contribution in [2.24, 2.45) is 0 Å². The van der Waals surface area contributed by atoms with Crippen LogP contribution in [0.25, 0.3) is 33.3 Å². The van der Waals surface area contributed by atoms with Gasteiger partial charge in [0.05, 0.1) is 25.4 Å². The Kier molecular flexibility index (Phi) is 4.88. The van der Waals surface area contributed by atoms with E-state index in [1.807, 2.05) is 30.3 Å². The van der Waals surface area contributed by atoms with Gasteiger partial charge in [0, 0.05) is 21.5 Å². The lowest BCUT2D eigenvalue weighted by Crippen LogP contribution is -1.95. The predicted molar refractivity (Wildman–Crippen MR) is 111 cm³/mol.